The zero-order chi connectivity index (χ0) is 22.7. The van der Waals surface area contributed by atoms with Gasteiger partial charge in [-0.1, -0.05) is 11.6 Å². The molecule has 1 N–H and O–H groups in total. The van der Waals surface area contributed by atoms with Gasteiger partial charge < -0.3 is 19.5 Å². The Morgan fingerprint density at radius 2 is 1.90 bits per heavy atom. The smallest absolute Gasteiger partial charge is 0.342 e. The molecule has 1 aromatic carbocycles. The van der Waals surface area contributed by atoms with Crippen molar-refractivity contribution in [2.75, 3.05) is 19.5 Å². The highest BCUT2D eigenvalue weighted by atomic mass is 32.1. The number of anilines is 1. The summed E-state index contributed by atoms with van der Waals surface area (Å²) in [6.07, 6.45) is 3.54. The van der Waals surface area contributed by atoms with Crippen molar-refractivity contribution in [2.24, 2.45) is 0 Å². The number of nitrogens with one attached hydrogen (secondary N) is 1. The second kappa shape index (κ2) is 9.51. The predicted octanol–water partition coefficient (Wildman–Crippen LogP) is 4.66. The Balaban J connectivity index is 1.72. The van der Waals surface area contributed by atoms with Crippen molar-refractivity contribution >= 4 is 28.3 Å². The number of hydrogen-bond acceptors (Lipinski definition) is 7. The summed E-state index contributed by atoms with van der Waals surface area (Å²) < 4.78 is 16.4. The summed E-state index contributed by atoms with van der Waals surface area (Å²) in [6, 6.07) is 0. The summed E-state index contributed by atoms with van der Waals surface area (Å²) in [5.74, 6) is 0.762. The van der Waals surface area contributed by atoms with Gasteiger partial charge in [0.2, 0.25) is 5.91 Å². The Morgan fingerprint density at radius 1 is 1.19 bits per heavy atom. The van der Waals surface area contributed by atoms with Crippen LogP contribution in [0, 0.1) is 20.8 Å². The van der Waals surface area contributed by atoms with Crippen LogP contribution in [0.4, 0.5) is 5.13 Å². The van der Waals surface area contributed by atoms with Gasteiger partial charge in [-0.2, -0.15) is 0 Å². The van der Waals surface area contributed by atoms with Crippen LogP contribution in [0.1, 0.15) is 57.4 Å². The van der Waals surface area contributed by atoms with Crippen molar-refractivity contribution in [1.29, 1.82) is 0 Å². The van der Waals surface area contributed by atoms with Gasteiger partial charge in [-0.25, -0.2) is 9.78 Å². The third kappa shape index (κ3) is 4.74. The molecule has 0 unspecified atom stereocenters. The van der Waals surface area contributed by atoms with E-state index >= 15 is 0 Å². The second-order valence-electron chi connectivity index (χ2n) is 7.56. The molecule has 0 spiro atoms. The van der Waals surface area contributed by atoms with Crippen molar-refractivity contribution in [1.82, 2.24) is 4.98 Å². The van der Waals surface area contributed by atoms with Crippen LogP contribution >= 0.6 is 11.3 Å². The van der Waals surface area contributed by atoms with E-state index in [9.17, 15) is 9.59 Å². The van der Waals surface area contributed by atoms with E-state index in [-0.39, 0.29) is 18.5 Å². The average molecular weight is 445 g/mol. The average Bonchev–Trinajstić information content (AvgIpc) is 3.27. The van der Waals surface area contributed by atoms with E-state index in [2.05, 4.69) is 10.3 Å². The first-order valence-electron chi connectivity index (χ1n) is 10.1. The van der Waals surface area contributed by atoms with Gasteiger partial charge in [-0.3, -0.25) is 4.79 Å². The van der Waals surface area contributed by atoms with Crippen molar-refractivity contribution in [2.45, 2.75) is 53.6 Å². The van der Waals surface area contributed by atoms with E-state index in [1.165, 1.54) is 11.3 Å². The molecule has 0 saturated heterocycles. The minimum absolute atomic E-state index is 0.0622. The monoisotopic (exact) mass is 444 g/mol. The van der Waals surface area contributed by atoms with Crippen LogP contribution in [0.3, 0.4) is 0 Å². The van der Waals surface area contributed by atoms with E-state index in [1.807, 2.05) is 33.8 Å². The quantitative estimate of drug-likeness (QED) is 0.471. The molecule has 1 aliphatic heterocycles. The van der Waals surface area contributed by atoms with Crippen LogP contribution in [-0.4, -0.2) is 31.1 Å². The molecule has 166 valence electrons. The SMILES string of the molecule is COc1c(C)c2c(c(OC)c1C/C=C(\C)CCC(=O)Nc1nc(C)c(C)s1)C(=O)OC2. The molecule has 0 atom stereocenters. The number of carbonyl (C=O) groups is 2. The number of esters is 1. The second-order valence-corrected chi connectivity index (χ2v) is 8.77. The highest BCUT2D eigenvalue weighted by Crippen LogP contribution is 2.42. The molecule has 3 rings (SSSR count). The van der Waals surface area contributed by atoms with E-state index in [0.717, 1.165) is 32.8 Å². The van der Waals surface area contributed by atoms with Gasteiger partial charge in [-0.05, 0) is 46.1 Å². The van der Waals surface area contributed by atoms with E-state index < -0.39 is 0 Å². The number of carbonyl (C=O) groups excluding carboxylic acids is 2. The fourth-order valence-corrected chi connectivity index (χ4v) is 4.46. The van der Waals surface area contributed by atoms with Crippen molar-refractivity contribution in [3.8, 4) is 11.5 Å². The first kappa shape index (κ1) is 22.8. The molecule has 2 heterocycles. The number of allylic oxidation sites excluding steroid dienone is 2. The highest BCUT2D eigenvalue weighted by Gasteiger charge is 2.32. The number of nitrogens with zero attached hydrogens (tertiary/aromatic N) is 1. The molecule has 2 aromatic rings. The number of thiazole rings is 1. The first-order valence-corrected chi connectivity index (χ1v) is 10.9. The van der Waals surface area contributed by atoms with Crippen molar-refractivity contribution in [3.05, 3.63) is 44.5 Å². The Kier molecular flexibility index (Phi) is 7.00. The van der Waals surface area contributed by atoms with Crippen LogP contribution < -0.4 is 14.8 Å². The maximum atomic E-state index is 12.3. The lowest BCUT2D eigenvalue weighted by Crippen LogP contribution is -2.11. The summed E-state index contributed by atoms with van der Waals surface area (Å²) in [6.45, 7) is 8.05. The number of fused-ring (bicyclic) bond motifs is 1. The number of cyclic esters (lactones) is 1. The standard InChI is InChI=1S/C23H28N2O5S/c1-12(8-10-18(26)25-23-24-14(3)15(4)31-23)7-9-16-20(28-5)13(2)17-11-30-22(27)19(17)21(16)29-6/h7H,8-11H2,1-6H3,(H,24,25,26)/b12-7+. The molecular formula is C23H28N2O5S. The fraction of sp³-hybridized carbons (Fsp3) is 0.435. The molecule has 1 amide bonds. The summed E-state index contributed by atoms with van der Waals surface area (Å²) in [5.41, 5.74) is 4.98. The topological polar surface area (TPSA) is 86.8 Å². The zero-order valence-electron chi connectivity index (χ0n) is 18.8. The first-order chi connectivity index (χ1) is 14.8. The van der Waals surface area contributed by atoms with Crippen LogP contribution in [-0.2, 0) is 22.6 Å². The van der Waals surface area contributed by atoms with Gasteiger partial charge in [0.25, 0.3) is 0 Å². The van der Waals surface area contributed by atoms with Crippen molar-refractivity contribution in [3.63, 3.8) is 0 Å². The number of aryl methyl sites for hydroxylation is 2. The number of aromatic nitrogens is 1. The van der Waals surface area contributed by atoms with Gasteiger partial charge in [0, 0.05) is 22.4 Å². The zero-order valence-corrected chi connectivity index (χ0v) is 19.6. The molecule has 7 nitrogen and oxygen atoms in total. The molecule has 1 aromatic heterocycles. The summed E-state index contributed by atoms with van der Waals surface area (Å²) in [4.78, 5) is 29.9. The lowest BCUT2D eigenvalue weighted by atomic mass is 9.94. The third-order valence-electron chi connectivity index (χ3n) is 5.51. The van der Waals surface area contributed by atoms with Crippen LogP contribution in [0.15, 0.2) is 11.6 Å². The molecule has 0 saturated carbocycles. The number of rotatable bonds is 8. The molecular weight excluding hydrogens is 416 g/mol. The Labute approximate surface area is 186 Å². The molecule has 0 fully saturated rings. The van der Waals surface area contributed by atoms with Gasteiger partial charge in [-0.15, -0.1) is 11.3 Å². The van der Waals surface area contributed by atoms with Gasteiger partial charge in [0.05, 0.1) is 19.9 Å². The van der Waals surface area contributed by atoms with Crippen LogP contribution in [0.2, 0.25) is 0 Å². The molecule has 8 heteroatoms. The minimum Gasteiger partial charge on any atom is -0.496 e. The normalized spacial score (nSPS) is 13.1. The highest BCUT2D eigenvalue weighted by molar-refractivity contribution is 7.15. The van der Waals surface area contributed by atoms with Crippen molar-refractivity contribution < 1.29 is 23.8 Å². The number of hydrogen-bond donors (Lipinski definition) is 1. The molecule has 0 radical (unpaired) electrons. The predicted molar refractivity (Wildman–Crippen MR) is 120 cm³/mol. The van der Waals surface area contributed by atoms with E-state index in [0.29, 0.717) is 41.5 Å². The van der Waals surface area contributed by atoms with E-state index in [1.54, 1.807) is 14.2 Å². The largest absolute Gasteiger partial charge is 0.496 e. The lowest BCUT2D eigenvalue weighted by molar-refractivity contribution is -0.116. The summed E-state index contributed by atoms with van der Waals surface area (Å²) >= 11 is 1.48. The molecule has 31 heavy (non-hydrogen) atoms. The lowest BCUT2D eigenvalue weighted by Gasteiger charge is -2.18. The molecule has 0 aliphatic carbocycles. The van der Waals surface area contributed by atoms with Crippen LogP contribution in [0.5, 0.6) is 11.5 Å². The number of benzene rings is 1. The summed E-state index contributed by atoms with van der Waals surface area (Å²) in [5, 5.41) is 3.50. The fourth-order valence-electron chi connectivity index (χ4n) is 3.63. The summed E-state index contributed by atoms with van der Waals surface area (Å²) in [7, 11) is 3.15. The maximum Gasteiger partial charge on any atom is 0.342 e. The molecule has 1 aliphatic rings. The maximum absolute atomic E-state index is 12.3. The molecule has 0 bridgehead atoms. The number of ether oxygens (including phenoxy) is 3. The van der Waals surface area contributed by atoms with Gasteiger partial charge >= 0.3 is 5.97 Å². The Morgan fingerprint density at radius 3 is 2.52 bits per heavy atom. The van der Waals surface area contributed by atoms with E-state index in [4.69, 9.17) is 14.2 Å². The van der Waals surface area contributed by atoms with Crippen LogP contribution in [0.25, 0.3) is 0 Å². The Hall–Kier alpha value is -2.87. The Bertz CT molecular complexity index is 1040. The minimum atomic E-state index is -0.371. The number of amides is 1. The number of methoxy groups -OCH3 is 2. The van der Waals surface area contributed by atoms with Gasteiger partial charge in [0.1, 0.15) is 23.7 Å². The van der Waals surface area contributed by atoms with Gasteiger partial charge in [0.15, 0.2) is 5.13 Å². The third-order valence-corrected chi connectivity index (χ3v) is 6.49.